The SMILES string of the molecule is CC.Cc1sc(-c2ccnc(OCCN3CCCC3)c2)nc1CSc1nc(N)cc(N)n1. The summed E-state index contributed by atoms with van der Waals surface area (Å²) in [4.78, 5) is 21.2. The van der Waals surface area contributed by atoms with Crippen molar-refractivity contribution in [1.29, 1.82) is 0 Å². The lowest BCUT2D eigenvalue weighted by molar-refractivity contribution is 0.232. The number of likely N-dealkylation sites (tertiary alicyclic amines) is 1. The second kappa shape index (κ2) is 12.0. The number of rotatable bonds is 8. The molecular weight excluding hydrogens is 442 g/mol. The molecule has 4 heterocycles. The predicted octanol–water partition coefficient (Wildman–Crippen LogP) is 4.26. The van der Waals surface area contributed by atoms with Crippen molar-refractivity contribution >= 4 is 34.7 Å². The van der Waals surface area contributed by atoms with Gasteiger partial charge in [0.1, 0.15) is 23.3 Å². The topological polar surface area (TPSA) is 116 Å². The number of thiazole rings is 1. The van der Waals surface area contributed by atoms with Gasteiger partial charge in [-0.25, -0.2) is 19.9 Å². The maximum Gasteiger partial charge on any atom is 0.213 e. The number of anilines is 2. The van der Waals surface area contributed by atoms with Crippen molar-refractivity contribution in [2.75, 3.05) is 37.7 Å². The highest BCUT2D eigenvalue weighted by Crippen LogP contribution is 2.32. The molecule has 172 valence electrons. The van der Waals surface area contributed by atoms with E-state index in [0.29, 0.717) is 35.0 Å². The van der Waals surface area contributed by atoms with E-state index in [1.165, 1.54) is 37.7 Å². The Balaban J connectivity index is 0.00000141. The standard InChI is InChI=1S/C20H25N7OS2.C2H6/c1-13-15(12-29-20-25-16(21)11-17(22)26-20)24-19(30-13)14-4-5-23-18(10-14)28-9-8-27-6-2-3-7-27;1-2/h4-5,10-11H,2-3,6-9,12H2,1H3,(H4,21,22,25,26);1-2H3. The number of nitrogen functional groups attached to an aromatic ring is 2. The van der Waals surface area contributed by atoms with Crippen molar-refractivity contribution in [3.05, 3.63) is 35.0 Å². The van der Waals surface area contributed by atoms with Crippen LogP contribution in [0, 0.1) is 6.92 Å². The molecule has 1 aliphatic heterocycles. The zero-order valence-electron chi connectivity index (χ0n) is 18.9. The maximum absolute atomic E-state index is 5.87. The highest BCUT2D eigenvalue weighted by molar-refractivity contribution is 7.98. The van der Waals surface area contributed by atoms with Gasteiger partial charge >= 0.3 is 0 Å². The van der Waals surface area contributed by atoms with E-state index in [9.17, 15) is 0 Å². The van der Waals surface area contributed by atoms with Crippen molar-refractivity contribution in [3.63, 3.8) is 0 Å². The lowest BCUT2D eigenvalue weighted by Gasteiger charge is -2.14. The Bertz CT molecular complexity index is 985. The molecule has 3 aromatic heterocycles. The minimum atomic E-state index is 0.370. The van der Waals surface area contributed by atoms with E-state index in [4.69, 9.17) is 21.2 Å². The first-order valence-electron chi connectivity index (χ1n) is 10.9. The van der Waals surface area contributed by atoms with Crippen molar-refractivity contribution in [3.8, 4) is 16.5 Å². The van der Waals surface area contributed by atoms with Crippen LogP contribution < -0.4 is 16.2 Å². The number of aryl methyl sites for hydroxylation is 1. The van der Waals surface area contributed by atoms with Crippen LogP contribution in [-0.2, 0) is 5.75 Å². The second-order valence-electron chi connectivity index (χ2n) is 7.09. The fourth-order valence-electron chi connectivity index (χ4n) is 3.25. The summed E-state index contributed by atoms with van der Waals surface area (Å²) >= 11 is 3.13. The molecule has 0 saturated carbocycles. The normalized spacial score (nSPS) is 13.6. The van der Waals surface area contributed by atoms with Crippen molar-refractivity contribution in [1.82, 2.24) is 24.8 Å². The largest absolute Gasteiger partial charge is 0.476 e. The summed E-state index contributed by atoms with van der Waals surface area (Å²) in [6.07, 6.45) is 4.35. The van der Waals surface area contributed by atoms with E-state index < -0.39 is 0 Å². The Morgan fingerprint density at radius 1 is 1.09 bits per heavy atom. The first-order chi connectivity index (χ1) is 15.6. The van der Waals surface area contributed by atoms with E-state index in [1.54, 1.807) is 23.6 Å². The van der Waals surface area contributed by atoms with E-state index in [-0.39, 0.29) is 0 Å². The lowest BCUT2D eigenvalue weighted by Crippen LogP contribution is -2.25. The van der Waals surface area contributed by atoms with E-state index in [0.717, 1.165) is 27.7 Å². The van der Waals surface area contributed by atoms with Gasteiger partial charge in [0.25, 0.3) is 0 Å². The van der Waals surface area contributed by atoms with Crippen LogP contribution in [-0.4, -0.2) is 51.1 Å². The minimum absolute atomic E-state index is 0.370. The molecule has 0 aliphatic carbocycles. The number of thioether (sulfide) groups is 1. The Morgan fingerprint density at radius 2 is 1.81 bits per heavy atom. The van der Waals surface area contributed by atoms with Crippen LogP contribution in [0.5, 0.6) is 5.88 Å². The van der Waals surface area contributed by atoms with Crippen LogP contribution in [0.3, 0.4) is 0 Å². The van der Waals surface area contributed by atoms with Crippen molar-refractivity contribution < 1.29 is 4.74 Å². The summed E-state index contributed by atoms with van der Waals surface area (Å²) in [6, 6.07) is 5.47. The zero-order valence-corrected chi connectivity index (χ0v) is 20.5. The number of hydrogen-bond acceptors (Lipinski definition) is 10. The average Bonchev–Trinajstić information content (AvgIpc) is 3.43. The molecule has 0 spiro atoms. The number of nitrogens with zero attached hydrogens (tertiary/aromatic N) is 5. The molecule has 3 aromatic rings. The quantitative estimate of drug-likeness (QED) is 0.365. The Morgan fingerprint density at radius 3 is 2.53 bits per heavy atom. The third-order valence-corrected chi connectivity index (χ3v) is 6.73. The number of nitrogens with two attached hydrogens (primary N) is 2. The second-order valence-corrected chi connectivity index (χ2v) is 9.24. The summed E-state index contributed by atoms with van der Waals surface area (Å²) in [5, 5.41) is 1.50. The molecule has 8 nitrogen and oxygen atoms in total. The van der Waals surface area contributed by atoms with E-state index in [1.807, 2.05) is 26.0 Å². The lowest BCUT2D eigenvalue weighted by atomic mass is 10.3. The molecule has 1 aliphatic rings. The van der Waals surface area contributed by atoms with Crippen LogP contribution in [0.1, 0.15) is 37.3 Å². The highest BCUT2D eigenvalue weighted by atomic mass is 32.2. The number of pyridine rings is 1. The van der Waals surface area contributed by atoms with Crippen LogP contribution in [0.15, 0.2) is 29.6 Å². The fraction of sp³-hybridized carbons (Fsp3) is 0.455. The third-order valence-electron chi connectivity index (χ3n) is 4.81. The van der Waals surface area contributed by atoms with Gasteiger partial charge in [-0.1, -0.05) is 25.6 Å². The number of hydrogen-bond donors (Lipinski definition) is 2. The molecule has 1 saturated heterocycles. The van der Waals surface area contributed by atoms with Gasteiger partial charge in [0.15, 0.2) is 5.16 Å². The molecule has 32 heavy (non-hydrogen) atoms. The Hall–Kier alpha value is -2.43. The van der Waals surface area contributed by atoms with Gasteiger partial charge in [-0.15, -0.1) is 11.3 Å². The fourth-order valence-corrected chi connectivity index (χ4v) is 5.16. The molecule has 0 unspecified atom stereocenters. The summed E-state index contributed by atoms with van der Waals surface area (Å²) in [5.41, 5.74) is 13.5. The van der Waals surface area contributed by atoms with Gasteiger partial charge in [0, 0.05) is 41.1 Å². The average molecular weight is 474 g/mol. The molecule has 4 N–H and O–H groups in total. The predicted molar refractivity (Wildman–Crippen MR) is 133 cm³/mol. The molecule has 0 aromatic carbocycles. The molecule has 0 atom stereocenters. The van der Waals surface area contributed by atoms with Crippen LogP contribution in [0.4, 0.5) is 11.6 Å². The highest BCUT2D eigenvalue weighted by Gasteiger charge is 2.13. The zero-order chi connectivity index (χ0) is 22.9. The number of ether oxygens (including phenoxy) is 1. The number of aromatic nitrogens is 4. The van der Waals surface area contributed by atoms with Crippen molar-refractivity contribution in [2.24, 2.45) is 0 Å². The summed E-state index contributed by atoms with van der Waals surface area (Å²) in [6.45, 7) is 10.0. The molecule has 1 fully saturated rings. The minimum Gasteiger partial charge on any atom is -0.476 e. The summed E-state index contributed by atoms with van der Waals surface area (Å²) in [5.74, 6) is 2.03. The van der Waals surface area contributed by atoms with E-state index in [2.05, 4.69) is 26.8 Å². The van der Waals surface area contributed by atoms with Gasteiger partial charge in [-0.3, -0.25) is 4.90 Å². The van der Waals surface area contributed by atoms with Gasteiger partial charge in [0.2, 0.25) is 5.88 Å². The summed E-state index contributed by atoms with van der Waals surface area (Å²) < 4.78 is 5.87. The molecule has 0 radical (unpaired) electrons. The van der Waals surface area contributed by atoms with E-state index >= 15 is 0 Å². The van der Waals surface area contributed by atoms with Crippen molar-refractivity contribution in [2.45, 2.75) is 44.5 Å². The van der Waals surface area contributed by atoms with Gasteiger partial charge < -0.3 is 16.2 Å². The molecule has 10 heteroatoms. The van der Waals surface area contributed by atoms with Gasteiger partial charge in [0.05, 0.1) is 5.69 Å². The first-order valence-corrected chi connectivity index (χ1v) is 12.7. The molecular formula is C22H31N7OS2. The van der Waals surface area contributed by atoms with Gasteiger partial charge in [-0.05, 0) is 38.9 Å². The third kappa shape index (κ3) is 6.78. The summed E-state index contributed by atoms with van der Waals surface area (Å²) in [7, 11) is 0. The molecule has 4 rings (SSSR count). The van der Waals surface area contributed by atoms with Crippen LogP contribution in [0.2, 0.25) is 0 Å². The van der Waals surface area contributed by atoms with Crippen LogP contribution >= 0.6 is 23.1 Å². The van der Waals surface area contributed by atoms with Crippen LogP contribution in [0.25, 0.3) is 10.6 Å². The Labute approximate surface area is 197 Å². The molecule has 0 amide bonds. The first kappa shape index (κ1) is 24.2. The monoisotopic (exact) mass is 473 g/mol. The molecule has 0 bridgehead atoms. The Kier molecular flexibility index (Phi) is 9.07. The maximum atomic E-state index is 5.87. The van der Waals surface area contributed by atoms with Gasteiger partial charge in [-0.2, -0.15) is 0 Å². The smallest absolute Gasteiger partial charge is 0.213 e.